The fourth-order valence-electron chi connectivity index (χ4n) is 2.67. The van der Waals surface area contributed by atoms with Crippen LogP contribution >= 0.6 is 0 Å². The molecular weight excluding hydrogens is 226 g/mol. The van der Waals surface area contributed by atoms with Gasteiger partial charge in [-0.3, -0.25) is 9.78 Å². The quantitative estimate of drug-likeness (QED) is 0.857. The molecule has 1 aliphatic rings. The minimum atomic E-state index is -0.199. The van der Waals surface area contributed by atoms with Crippen LogP contribution in [-0.2, 0) is 4.79 Å². The highest BCUT2D eigenvalue weighted by atomic mass is 16.2. The summed E-state index contributed by atoms with van der Waals surface area (Å²) >= 11 is 0. The van der Waals surface area contributed by atoms with Gasteiger partial charge in [-0.2, -0.15) is 0 Å². The van der Waals surface area contributed by atoms with Crippen LogP contribution in [0.1, 0.15) is 32.6 Å². The molecule has 0 saturated carbocycles. The summed E-state index contributed by atoms with van der Waals surface area (Å²) < 4.78 is 0. The Bertz CT molecular complexity index is 380. The van der Waals surface area contributed by atoms with Crippen molar-refractivity contribution < 1.29 is 4.79 Å². The molecule has 1 amide bonds. The van der Waals surface area contributed by atoms with Crippen molar-refractivity contribution in [1.82, 2.24) is 10.3 Å². The van der Waals surface area contributed by atoms with Crippen LogP contribution in [0.25, 0.3) is 0 Å². The van der Waals surface area contributed by atoms with E-state index in [2.05, 4.69) is 22.5 Å². The molecule has 0 atom stereocenters. The third-order valence-electron chi connectivity index (χ3n) is 3.69. The molecule has 1 fully saturated rings. The molecule has 0 aromatic carbocycles. The lowest BCUT2D eigenvalue weighted by molar-refractivity contribution is -0.127. The molecule has 2 heterocycles. The molecule has 0 bridgehead atoms. The van der Waals surface area contributed by atoms with E-state index >= 15 is 0 Å². The molecule has 0 spiro atoms. The van der Waals surface area contributed by atoms with Gasteiger partial charge >= 0.3 is 0 Å². The highest BCUT2D eigenvalue weighted by molar-refractivity contribution is 5.95. The van der Waals surface area contributed by atoms with Crippen molar-refractivity contribution in [1.29, 1.82) is 0 Å². The highest BCUT2D eigenvalue weighted by Gasteiger charge is 2.38. The molecular formula is C14H21N3O. The van der Waals surface area contributed by atoms with E-state index in [1.165, 1.54) is 0 Å². The van der Waals surface area contributed by atoms with Gasteiger partial charge < -0.3 is 10.6 Å². The summed E-state index contributed by atoms with van der Waals surface area (Å²) in [6.07, 6.45) is 7.25. The monoisotopic (exact) mass is 247 g/mol. The molecule has 0 aliphatic carbocycles. The minimum absolute atomic E-state index is 0.152. The number of rotatable bonds is 4. The van der Waals surface area contributed by atoms with Crippen LogP contribution in [-0.4, -0.2) is 24.0 Å². The third-order valence-corrected chi connectivity index (χ3v) is 3.69. The van der Waals surface area contributed by atoms with Crippen molar-refractivity contribution in [3.8, 4) is 0 Å². The van der Waals surface area contributed by atoms with E-state index in [0.717, 1.165) is 44.5 Å². The highest BCUT2D eigenvalue weighted by Crippen LogP contribution is 2.35. The zero-order valence-corrected chi connectivity index (χ0v) is 10.9. The number of carbonyl (C=O) groups excluding carboxylic acids is 1. The summed E-state index contributed by atoms with van der Waals surface area (Å²) in [6.45, 7) is 4.00. The summed E-state index contributed by atoms with van der Waals surface area (Å²) in [4.78, 5) is 16.5. The maximum atomic E-state index is 12.5. The SMILES string of the molecule is CCCC1(C(=O)Nc2cccnc2)CCNCC1. The maximum absolute atomic E-state index is 12.5. The van der Waals surface area contributed by atoms with Crippen molar-refractivity contribution in [2.24, 2.45) is 5.41 Å². The number of pyridine rings is 1. The van der Waals surface area contributed by atoms with E-state index in [9.17, 15) is 4.79 Å². The summed E-state index contributed by atoms with van der Waals surface area (Å²) in [5.74, 6) is 0.152. The molecule has 4 nitrogen and oxygen atoms in total. The Morgan fingerprint density at radius 2 is 2.28 bits per heavy atom. The Kier molecular flexibility index (Phi) is 4.31. The zero-order chi connectivity index (χ0) is 12.8. The molecule has 1 aromatic rings. The van der Waals surface area contributed by atoms with Gasteiger partial charge in [0.1, 0.15) is 0 Å². The summed E-state index contributed by atoms with van der Waals surface area (Å²) in [6, 6.07) is 3.72. The Balaban J connectivity index is 2.08. The van der Waals surface area contributed by atoms with Crippen molar-refractivity contribution in [3.63, 3.8) is 0 Å². The number of carbonyl (C=O) groups is 1. The molecule has 0 radical (unpaired) electrons. The number of hydrogen-bond acceptors (Lipinski definition) is 3. The molecule has 0 unspecified atom stereocenters. The molecule has 4 heteroatoms. The molecule has 98 valence electrons. The average molecular weight is 247 g/mol. The van der Waals surface area contributed by atoms with E-state index in [1.54, 1.807) is 12.4 Å². The van der Waals surface area contributed by atoms with Gasteiger partial charge in [-0.1, -0.05) is 13.3 Å². The number of amides is 1. The lowest BCUT2D eigenvalue weighted by Gasteiger charge is -2.36. The lowest BCUT2D eigenvalue weighted by atomic mass is 9.74. The molecule has 1 saturated heterocycles. The summed E-state index contributed by atoms with van der Waals surface area (Å²) in [7, 11) is 0. The largest absolute Gasteiger partial charge is 0.324 e. The average Bonchev–Trinajstić information content (AvgIpc) is 2.41. The van der Waals surface area contributed by atoms with Gasteiger partial charge in [-0.25, -0.2) is 0 Å². The number of anilines is 1. The van der Waals surface area contributed by atoms with Crippen molar-refractivity contribution in [2.75, 3.05) is 18.4 Å². The van der Waals surface area contributed by atoms with E-state index in [-0.39, 0.29) is 11.3 Å². The predicted octanol–water partition coefficient (Wildman–Crippen LogP) is 2.19. The fourth-order valence-corrected chi connectivity index (χ4v) is 2.67. The van der Waals surface area contributed by atoms with Crippen LogP contribution in [0.4, 0.5) is 5.69 Å². The van der Waals surface area contributed by atoms with Crippen LogP contribution in [0.2, 0.25) is 0 Å². The van der Waals surface area contributed by atoms with Gasteiger partial charge in [0.25, 0.3) is 0 Å². The van der Waals surface area contributed by atoms with Crippen LogP contribution in [0.5, 0.6) is 0 Å². The van der Waals surface area contributed by atoms with E-state index < -0.39 is 0 Å². The summed E-state index contributed by atoms with van der Waals surface area (Å²) in [5.41, 5.74) is 0.590. The lowest BCUT2D eigenvalue weighted by Crippen LogP contribution is -2.44. The van der Waals surface area contributed by atoms with Gasteiger partial charge in [-0.15, -0.1) is 0 Å². The van der Waals surface area contributed by atoms with E-state index in [0.29, 0.717) is 0 Å². The second-order valence-corrected chi connectivity index (χ2v) is 4.98. The van der Waals surface area contributed by atoms with Crippen LogP contribution < -0.4 is 10.6 Å². The van der Waals surface area contributed by atoms with Gasteiger partial charge in [0.15, 0.2) is 0 Å². The number of nitrogens with one attached hydrogen (secondary N) is 2. The first-order valence-electron chi connectivity index (χ1n) is 6.69. The van der Waals surface area contributed by atoms with Crippen LogP contribution in [0.3, 0.4) is 0 Å². The second-order valence-electron chi connectivity index (χ2n) is 4.98. The first kappa shape index (κ1) is 13.0. The number of nitrogens with zero attached hydrogens (tertiary/aromatic N) is 1. The smallest absolute Gasteiger partial charge is 0.230 e. The van der Waals surface area contributed by atoms with Crippen LogP contribution in [0, 0.1) is 5.41 Å². The molecule has 1 aliphatic heterocycles. The number of piperidine rings is 1. The normalized spacial score (nSPS) is 18.3. The Labute approximate surface area is 108 Å². The van der Waals surface area contributed by atoms with Gasteiger partial charge in [-0.05, 0) is 44.5 Å². The zero-order valence-electron chi connectivity index (χ0n) is 10.9. The summed E-state index contributed by atoms with van der Waals surface area (Å²) in [5, 5.41) is 6.33. The minimum Gasteiger partial charge on any atom is -0.324 e. The fraction of sp³-hybridized carbons (Fsp3) is 0.571. The van der Waals surface area contributed by atoms with Gasteiger partial charge in [0.2, 0.25) is 5.91 Å². The van der Waals surface area contributed by atoms with Crippen LogP contribution in [0.15, 0.2) is 24.5 Å². The first-order chi connectivity index (χ1) is 8.77. The van der Waals surface area contributed by atoms with E-state index in [1.807, 2.05) is 12.1 Å². The standard InChI is InChI=1S/C14H21N3O/c1-2-5-14(6-9-15-10-7-14)13(18)17-12-4-3-8-16-11-12/h3-4,8,11,15H,2,5-7,9-10H2,1H3,(H,17,18). The molecule has 18 heavy (non-hydrogen) atoms. The molecule has 2 N–H and O–H groups in total. The molecule has 2 rings (SSSR count). The maximum Gasteiger partial charge on any atom is 0.230 e. The molecule has 1 aromatic heterocycles. The van der Waals surface area contributed by atoms with Gasteiger partial charge in [0, 0.05) is 6.20 Å². The van der Waals surface area contributed by atoms with Crippen molar-refractivity contribution in [2.45, 2.75) is 32.6 Å². The topological polar surface area (TPSA) is 54.0 Å². The first-order valence-corrected chi connectivity index (χ1v) is 6.69. The Morgan fingerprint density at radius 3 is 2.89 bits per heavy atom. The number of aromatic nitrogens is 1. The van der Waals surface area contributed by atoms with E-state index in [4.69, 9.17) is 0 Å². The number of hydrogen-bond donors (Lipinski definition) is 2. The van der Waals surface area contributed by atoms with Crippen molar-refractivity contribution in [3.05, 3.63) is 24.5 Å². The Hall–Kier alpha value is -1.42. The second kappa shape index (κ2) is 5.96. The Morgan fingerprint density at radius 1 is 1.50 bits per heavy atom. The predicted molar refractivity (Wildman–Crippen MR) is 72.3 cm³/mol. The third kappa shape index (κ3) is 2.88. The van der Waals surface area contributed by atoms with Crippen molar-refractivity contribution >= 4 is 11.6 Å². The van der Waals surface area contributed by atoms with Gasteiger partial charge in [0.05, 0.1) is 17.3 Å².